The van der Waals surface area contributed by atoms with Crippen molar-refractivity contribution < 1.29 is 13.7 Å². The van der Waals surface area contributed by atoms with Gasteiger partial charge in [0.1, 0.15) is 12.4 Å². The van der Waals surface area contributed by atoms with Crippen molar-refractivity contribution in [1.82, 2.24) is 20.0 Å². The Hall–Kier alpha value is -3.65. The van der Waals surface area contributed by atoms with E-state index >= 15 is 4.39 Å². The lowest BCUT2D eigenvalue weighted by atomic mass is 10.1. The number of hydrazine groups is 1. The van der Waals surface area contributed by atoms with Crippen LogP contribution in [0.15, 0.2) is 45.8 Å². The zero-order valence-corrected chi connectivity index (χ0v) is 15.1. The van der Waals surface area contributed by atoms with Crippen LogP contribution in [0.25, 0.3) is 0 Å². The summed E-state index contributed by atoms with van der Waals surface area (Å²) in [4.78, 5) is 11.5. The van der Waals surface area contributed by atoms with Gasteiger partial charge < -0.3 is 9.26 Å². The molecule has 1 aromatic heterocycles. The second-order valence-electron chi connectivity index (χ2n) is 7.00. The Morgan fingerprint density at radius 2 is 2.17 bits per heavy atom. The first-order chi connectivity index (χ1) is 14.3. The molecular weight excluding hydrogens is 379 g/mol. The Balaban J connectivity index is 1.42. The molecule has 0 aliphatic carbocycles. The lowest BCUT2D eigenvalue weighted by molar-refractivity contribution is 0.0835. The summed E-state index contributed by atoms with van der Waals surface area (Å²) in [7, 11) is 0. The normalized spacial score (nSPS) is 27.0. The van der Waals surface area contributed by atoms with Gasteiger partial charge >= 0.3 is 0 Å². The zero-order chi connectivity index (χ0) is 19.5. The van der Waals surface area contributed by atoms with Crippen molar-refractivity contribution in [3.05, 3.63) is 47.7 Å². The molecule has 6 rings (SSSR count). The maximum absolute atomic E-state index is 15.0. The fourth-order valence-corrected chi connectivity index (χ4v) is 4.07. The van der Waals surface area contributed by atoms with Crippen LogP contribution in [-0.4, -0.2) is 39.4 Å². The molecule has 1 fully saturated rings. The van der Waals surface area contributed by atoms with E-state index in [1.807, 2.05) is 30.5 Å². The summed E-state index contributed by atoms with van der Waals surface area (Å²) in [5, 5.41) is 16.8. The molecule has 0 N–H and O–H groups in total. The highest BCUT2D eigenvalue weighted by Crippen LogP contribution is 2.48. The van der Waals surface area contributed by atoms with Crippen LogP contribution in [0.4, 0.5) is 16.0 Å². The Morgan fingerprint density at radius 1 is 1.28 bits per heavy atom. The summed E-state index contributed by atoms with van der Waals surface area (Å²) in [5.41, 5.74) is 1.48. The number of para-hydroxylation sites is 1. The van der Waals surface area contributed by atoms with Gasteiger partial charge in [0.15, 0.2) is 18.2 Å². The van der Waals surface area contributed by atoms with Crippen LogP contribution >= 0.6 is 0 Å². The second kappa shape index (κ2) is 5.92. The van der Waals surface area contributed by atoms with Gasteiger partial charge in [0.25, 0.3) is 18.3 Å². The fourth-order valence-electron chi connectivity index (χ4n) is 4.07. The minimum Gasteiger partial charge on any atom is -0.368 e. The van der Waals surface area contributed by atoms with E-state index in [9.17, 15) is 5.26 Å². The topological polar surface area (TPSA) is 97.3 Å². The van der Waals surface area contributed by atoms with Crippen molar-refractivity contribution in [3.63, 3.8) is 0 Å². The predicted molar refractivity (Wildman–Crippen MR) is 97.1 cm³/mol. The molecular formula is C18H15FN8O2. The van der Waals surface area contributed by atoms with Crippen molar-refractivity contribution in [1.29, 1.82) is 5.26 Å². The van der Waals surface area contributed by atoms with Gasteiger partial charge in [-0.05, 0) is 24.1 Å². The number of aliphatic imine (C=N–C) groups is 1. The van der Waals surface area contributed by atoms with Crippen molar-refractivity contribution in [2.45, 2.75) is 31.5 Å². The summed E-state index contributed by atoms with van der Waals surface area (Å²) < 4.78 is 26.0. The van der Waals surface area contributed by atoms with Crippen LogP contribution in [-0.2, 0) is 4.74 Å². The summed E-state index contributed by atoms with van der Waals surface area (Å²) in [6, 6.07) is 7.41. The first-order valence-corrected chi connectivity index (χ1v) is 9.25. The average molecular weight is 394 g/mol. The van der Waals surface area contributed by atoms with Crippen LogP contribution in [0.3, 0.4) is 0 Å². The number of fused-ring (bicyclic) bond motifs is 6. The summed E-state index contributed by atoms with van der Waals surface area (Å²) in [6.07, 6.45) is 4.40. The highest BCUT2D eigenvalue weighted by atomic mass is 19.1. The van der Waals surface area contributed by atoms with Gasteiger partial charge in [-0.1, -0.05) is 18.2 Å². The first-order valence-electron chi connectivity index (χ1n) is 9.25. The van der Waals surface area contributed by atoms with Crippen LogP contribution < -0.4 is 9.91 Å². The largest absolute Gasteiger partial charge is 0.368 e. The van der Waals surface area contributed by atoms with Crippen molar-refractivity contribution >= 4 is 18.0 Å². The van der Waals surface area contributed by atoms with E-state index < -0.39 is 12.6 Å². The second-order valence-corrected chi connectivity index (χ2v) is 7.00. The molecule has 10 nitrogen and oxygen atoms in total. The third-order valence-corrected chi connectivity index (χ3v) is 5.39. The summed E-state index contributed by atoms with van der Waals surface area (Å²) in [6.45, 7) is 0.669. The Bertz CT molecular complexity index is 1070. The van der Waals surface area contributed by atoms with Gasteiger partial charge in [-0.15, -0.1) is 0 Å². The van der Waals surface area contributed by atoms with E-state index in [4.69, 9.17) is 9.26 Å². The molecule has 1 aromatic carbocycles. The molecule has 4 aliphatic rings. The number of ether oxygens (including phenoxy) is 1. The number of aromatic nitrogens is 2. The molecule has 3 atom stereocenters. The van der Waals surface area contributed by atoms with E-state index in [2.05, 4.69) is 15.1 Å². The standard InChI is InChI=1S/C18H15FN8O2/c19-17-24(9-20)8-14-26(17)12-5-2-1-4-11(12)15-21-10-25(27(14)15)18-22-16(29-23-18)13-6-3-7-28-13/h1-2,4-5,8,10,13,15,17H,3,6-7H2. The average Bonchev–Trinajstić information content (AvgIpc) is 3.52. The molecule has 11 heteroatoms. The van der Waals surface area contributed by atoms with Crippen LogP contribution in [0, 0.1) is 11.5 Å². The van der Waals surface area contributed by atoms with Crippen molar-refractivity contribution in [3.8, 4) is 6.19 Å². The van der Waals surface area contributed by atoms with E-state index in [0.717, 1.165) is 23.3 Å². The maximum Gasteiger partial charge on any atom is 0.290 e. The number of alkyl halides is 1. The molecule has 2 aromatic rings. The number of halogens is 1. The molecule has 0 radical (unpaired) electrons. The Kier molecular flexibility index (Phi) is 3.33. The van der Waals surface area contributed by atoms with E-state index in [0.29, 0.717) is 24.0 Å². The highest BCUT2D eigenvalue weighted by molar-refractivity contribution is 5.80. The Morgan fingerprint density at radius 3 is 3.00 bits per heavy atom. The van der Waals surface area contributed by atoms with Crippen molar-refractivity contribution in [2.24, 2.45) is 4.99 Å². The molecule has 0 spiro atoms. The maximum atomic E-state index is 15.0. The number of benzene rings is 1. The van der Waals surface area contributed by atoms with Gasteiger partial charge in [-0.25, -0.2) is 19.9 Å². The molecule has 29 heavy (non-hydrogen) atoms. The molecule has 3 unspecified atom stereocenters. The molecule has 0 amide bonds. The molecule has 0 bridgehead atoms. The van der Waals surface area contributed by atoms with E-state index in [1.54, 1.807) is 16.4 Å². The molecule has 5 heterocycles. The monoisotopic (exact) mass is 394 g/mol. The number of anilines is 2. The highest BCUT2D eigenvalue weighted by Gasteiger charge is 2.48. The van der Waals surface area contributed by atoms with Gasteiger partial charge in [-0.3, -0.25) is 4.90 Å². The number of hydrogen-bond acceptors (Lipinski definition) is 10. The fraction of sp³-hybridized carbons (Fsp3) is 0.333. The first kappa shape index (κ1) is 16.3. The lowest BCUT2D eigenvalue weighted by Gasteiger charge is -2.42. The van der Waals surface area contributed by atoms with E-state index in [1.165, 1.54) is 11.1 Å². The number of nitrogens with zero attached hydrogens (tertiary/aromatic N) is 8. The molecule has 146 valence electrons. The number of nitriles is 1. The zero-order valence-electron chi connectivity index (χ0n) is 15.1. The van der Waals surface area contributed by atoms with Gasteiger partial charge in [0, 0.05) is 12.2 Å². The van der Waals surface area contributed by atoms with Crippen molar-refractivity contribution in [2.75, 3.05) is 16.5 Å². The number of hydrogen-bond donors (Lipinski definition) is 0. The number of rotatable bonds is 2. The predicted octanol–water partition coefficient (Wildman–Crippen LogP) is 2.35. The van der Waals surface area contributed by atoms with Gasteiger partial charge in [0.2, 0.25) is 0 Å². The Labute approximate surface area is 164 Å². The summed E-state index contributed by atoms with van der Waals surface area (Å²) in [5.74, 6) is 1.14. The molecule has 0 saturated carbocycles. The van der Waals surface area contributed by atoms with Crippen LogP contribution in [0.1, 0.15) is 36.6 Å². The van der Waals surface area contributed by atoms with Crippen LogP contribution in [0.5, 0.6) is 0 Å². The lowest BCUT2D eigenvalue weighted by Crippen LogP contribution is -2.49. The van der Waals surface area contributed by atoms with Crippen LogP contribution in [0.2, 0.25) is 0 Å². The van der Waals surface area contributed by atoms with Gasteiger partial charge in [-0.2, -0.15) is 14.6 Å². The van der Waals surface area contributed by atoms with E-state index in [-0.39, 0.29) is 12.1 Å². The van der Waals surface area contributed by atoms with Gasteiger partial charge in [0.05, 0.1) is 11.9 Å². The molecule has 1 saturated heterocycles. The SMILES string of the molecule is N#CN1C=C2N(c3ccccc3C3N=CN(c4noc(C5CCCO5)n4)N23)C1F. The third-order valence-electron chi connectivity index (χ3n) is 5.39. The quantitative estimate of drug-likeness (QED) is 0.561. The smallest absolute Gasteiger partial charge is 0.290 e. The minimum absolute atomic E-state index is 0.208. The third kappa shape index (κ3) is 2.20. The minimum atomic E-state index is -1.65. The summed E-state index contributed by atoms with van der Waals surface area (Å²) >= 11 is 0. The molecule has 4 aliphatic heterocycles.